The van der Waals surface area contributed by atoms with Crippen molar-refractivity contribution in [1.29, 1.82) is 0 Å². The Bertz CT molecular complexity index is 1420. The van der Waals surface area contributed by atoms with E-state index in [2.05, 4.69) is 5.32 Å². The smallest absolute Gasteiger partial charge is 0.264 e. The van der Waals surface area contributed by atoms with Crippen LogP contribution in [0.5, 0.6) is 0 Å². The van der Waals surface area contributed by atoms with Crippen LogP contribution in [0.2, 0.25) is 10.0 Å². The second kappa shape index (κ2) is 14.7. The van der Waals surface area contributed by atoms with Crippen LogP contribution in [0.3, 0.4) is 0 Å². The molecular formula is C31H37Cl2N3O4S. The Morgan fingerprint density at radius 2 is 1.44 bits per heavy atom. The summed E-state index contributed by atoms with van der Waals surface area (Å²) in [5.74, 6) is -0.810. The summed E-state index contributed by atoms with van der Waals surface area (Å²) < 4.78 is 28.9. The number of hydrogen-bond donors (Lipinski definition) is 1. The largest absolute Gasteiger partial charge is 0.354 e. The summed E-state index contributed by atoms with van der Waals surface area (Å²) in [5, 5.41) is 3.38. The highest BCUT2D eigenvalue weighted by Crippen LogP contribution is 2.30. The van der Waals surface area contributed by atoms with Gasteiger partial charge in [0.05, 0.1) is 10.6 Å². The molecule has 0 radical (unpaired) electrons. The summed E-state index contributed by atoms with van der Waals surface area (Å²) in [6, 6.07) is 17.6. The summed E-state index contributed by atoms with van der Waals surface area (Å²) in [7, 11) is -4.21. The van der Waals surface area contributed by atoms with Gasteiger partial charge in [0.15, 0.2) is 0 Å². The van der Waals surface area contributed by atoms with Gasteiger partial charge in [0, 0.05) is 23.1 Å². The number of hydrogen-bond acceptors (Lipinski definition) is 4. The molecule has 7 nitrogen and oxygen atoms in total. The van der Waals surface area contributed by atoms with Crippen molar-refractivity contribution >= 4 is 50.7 Å². The van der Waals surface area contributed by atoms with Crippen LogP contribution in [0.1, 0.15) is 49.8 Å². The van der Waals surface area contributed by atoms with E-state index in [-0.39, 0.29) is 33.1 Å². The summed E-state index contributed by atoms with van der Waals surface area (Å²) in [5.41, 5.74) is 2.92. The number of carbonyl (C=O) groups is 2. The van der Waals surface area contributed by atoms with Gasteiger partial charge in [0.25, 0.3) is 10.0 Å². The number of unbranched alkanes of at least 4 members (excludes halogenated alkanes) is 1. The first-order valence-corrected chi connectivity index (χ1v) is 15.8. The van der Waals surface area contributed by atoms with Crippen molar-refractivity contribution in [3.63, 3.8) is 0 Å². The molecule has 0 aliphatic rings. The van der Waals surface area contributed by atoms with Crippen molar-refractivity contribution in [2.45, 2.75) is 64.4 Å². The minimum absolute atomic E-state index is 0.0152. The minimum Gasteiger partial charge on any atom is -0.354 e. The van der Waals surface area contributed by atoms with E-state index in [0.717, 1.165) is 33.8 Å². The molecular weight excluding hydrogens is 581 g/mol. The summed E-state index contributed by atoms with van der Waals surface area (Å²) in [6.07, 6.45) is 2.08. The molecule has 3 aromatic rings. The fourth-order valence-corrected chi connectivity index (χ4v) is 6.28. The molecule has 0 aliphatic carbocycles. The second-order valence-corrected chi connectivity index (χ2v) is 12.8. The van der Waals surface area contributed by atoms with Gasteiger partial charge in [-0.1, -0.05) is 91.0 Å². The van der Waals surface area contributed by atoms with E-state index >= 15 is 0 Å². The van der Waals surface area contributed by atoms with Crippen molar-refractivity contribution in [1.82, 2.24) is 10.2 Å². The molecule has 10 heteroatoms. The number of rotatable bonds is 13. The van der Waals surface area contributed by atoms with Crippen LogP contribution in [0, 0.1) is 13.8 Å². The molecule has 0 bridgehead atoms. The third kappa shape index (κ3) is 8.71. The van der Waals surface area contributed by atoms with Crippen molar-refractivity contribution in [2.24, 2.45) is 0 Å². The predicted octanol–water partition coefficient (Wildman–Crippen LogP) is 6.53. The zero-order valence-electron chi connectivity index (χ0n) is 23.9. The van der Waals surface area contributed by atoms with Gasteiger partial charge < -0.3 is 10.2 Å². The Morgan fingerprint density at radius 1 is 0.878 bits per heavy atom. The Labute approximate surface area is 253 Å². The first-order chi connectivity index (χ1) is 19.5. The number of nitrogens with zero attached hydrogens (tertiary/aromatic N) is 2. The van der Waals surface area contributed by atoms with Crippen LogP contribution < -0.4 is 9.62 Å². The highest BCUT2D eigenvalue weighted by atomic mass is 35.5. The molecule has 41 heavy (non-hydrogen) atoms. The average molecular weight is 619 g/mol. The van der Waals surface area contributed by atoms with E-state index in [1.165, 1.54) is 35.2 Å². The number of benzene rings is 3. The molecule has 0 heterocycles. The Balaban J connectivity index is 2.06. The van der Waals surface area contributed by atoms with Crippen molar-refractivity contribution < 1.29 is 18.0 Å². The number of anilines is 1. The predicted molar refractivity (Wildman–Crippen MR) is 166 cm³/mol. The third-order valence-corrected chi connectivity index (χ3v) is 8.94. The molecule has 0 aromatic heterocycles. The van der Waals surface area contributed by atoms with E-state index in [1.54, 1.807) is 12.1 Å². The molecule has 220 valence electrons. The quantitative estimate of drug-likeness (QED) is 0.221. The molecule has 2 amide bonds. The van der Waals surface area contributed by atoms with Crippen LogP contribution >= 0.6 is 23.2 Å². The van der Waals surface area contributed by atoms with Gasteiger partial charge in [-0.25, -0.2) is 8.42 Å². The molecule has 0 saturated carbocycles. The zero-order valence-corrected chi connectivity index (χ0v) is 26.2. The molecule has 0 unspecified atom stereocenters. The lowest BCUT2D eigenvalue weighted by Gasteiger charge is -2.33. The van der Waals surface area contributed by atoms with E-state index in [0.29, 0.717) is 13.0 Å². The van der Waals surface area contributed by atoms with Crippen molar-refractivity contribution in [2.75, 3.05) is 17.4 Å². The lowest BCUT2D eigenvalue weighted by molar-refractivity contribution is -0.140. The van der Waals surface area contributed by atoms with E-state index in [1.807, 2.05) is 52.0 Å². The minimum atomic E-state index is -4.21. The Kier molecular flexibility index (Phi) is 11.6. The molecule has 1 atom stereocenters. The van der Waals surface area contributed by atoms with Gasteiger partial charge in [-0.2, -0.15) is 0 Å². The number of halogens is 2. The van der Waals surface area contributed by atoms with Gasteiger partial charge in [0.2, 0.25) is 11.8 Å². The van der Waals surface area contributed by atoms with Crippen LogP contribution in [0.4, 0.5) is 5.69 Å². The number of aryl methyl sites for hydroxylation is 2. The molecule has 0 spiro atoms. The standard InChI is InChI=1S/C31H37Cl2N3O4S/c1-5-7-16-34-31(38)29(6-2)35(20-24-12-8-22(3)9-13-24)30(37)21-36(27-18-25(32)17-26(33)19-27)41(39,40)28-14-10-23(4)11-15-28/h8-15,17-19,29H,5-7,16,20-21H2,1-4H3,(H,34,38)/t29-/m1/s1. The summed E-state index contributed by atoms with van der Waals surface area (Å²) in [4.78, 5) is 28.8. The number of sulfonamides is 1. The molecule has 1 N–H and O–H groups in total. The van der Waals surface area contributed by atoms with Crippen LogP contribution in [0.25, 0.3) is 0 Å². The van der Waals surface area contributed by atoms with Gasteiger partial charge in [-0.15, -0.1) is 0 Å². The normalized spacial score (nSPS) is 12.0. The number of nitrogens with one attached hydrogen (secondary N) is 1. The maximum atomic E-state index is 14.1. The molecule has 3 aromatic carbocycles. The van der Waals surface area contributed by atoms with Gasteiger partial charge in [-0.05, 0) is 62.6 Å². The molecule has 0 saturated heterocycles. The van der Waals surface area contributed by atoms with Gasteiger partial charge in [-0.3, -0.25) is 13.9 Å². The monoisotopic (exact) mass is 617 g/mol. The van der Waals surface area contributed by atoms with Crippen LogP contribution in [0.15, 0.2) is 71.6 Å². The SMILES string of the molecule is CCCCNC(=O)[C@@H](CC)N(Cc1ccc(C)cc1)C(=O)CN(c1cc(Cl)cc(Cl)c1)S(=O)(=O)c1ccc(C)cc1. The van der Waals surface area contributed by atoms with E-state index in [9.17, 15) is 18.0 Å². The first-order valence-electron chi connectivity index (χ1n) is 13.6. The average Bonchev–Trinajstić information content (AvgIpc) is 2.92. The first kappa shape index (κ1) is 32.4. The van der Waals surface area contributed by atoms with E-state index < -0.39 is 28.5 Å². The van der Waals surface area contributed by atoms with Gasteiger partial charge >= 0.3 is 0 Å². The summed E-state index contributed by atoms with van der Waals surface area (Å²) >= 11 is 12.5. The lowest BCUT2D eigenvalue weighted by atomic mass is 10.1. The Morgan fingerprint density at radius 3 is 1.98 bits per heavy atom. The molecule has 0 fully saturated rings. The van der Waals surface area contributed by atoms with Crippen LogP contribution in [-0.4, -0.2) is 44.3 Å². The number of carbonyl (C=O) groups excluding carboxylic acids is 2. The maximum absolute atomic E-state index is 14.1. The fraction of sp³-hybridized carbons (Fsp3) is 0.355. The topological polar surface area (TPSA) is 86.8 Å². The fourth-order valence-electron chi connectivity index (χ4n) is 4.37. The lowest BCUT2D eigenvalue weighted by Crippen LogP contribution is -2.52. The molecule has 0 aliphatic heterocycles. The van der Waals surface area contributed by atoms with Crippen LogP contribution in [-0.2, 0) is 26.2 Å². The maximum Gasteiger partial charge on any atom is 0.264 e. The zero-order chi connectivity index (χ0) is 30.2. The Hall–Kier alpha value is -3.07. The van der Waals surface area contributed by atoms with Gasteiger partial charge in [0.1, 0.15) is 12.6 Å². The van der Waals surface area contributed by atoms with Crippen molar-refractivity contribution in [3.8, 4) is 0 Å². The van der Waals surface area contributed by atoms with E-state index in [4.69, 9.17) is 23.2 Å². The highest BCUT2D eigenvalue weighted by Gasteiger charge is 2.33. The number of amides is 2. The highest BCUT2D eigenvalue weighted by molar-refractivity contribution is 7.92. The third-order valence-electron chi connectivity index (χ3n) is 6.71. The second-order valence-electron chi connectivity index (χ2n) is 10.0. The van der Waals surface area contributed by atoms with Crippen molar-refractivity contribution in [3.05, 3.63) is 93.5 Å². The molecule has 3 rings (SSSR count). The summed E-state index contributed by atoms with van der Waals surface area (Å²) in [6.45, 7) is 7.75.